The summed E-state index contributed by atoms with van der Waals surface area (Å²) in [7, 11) is -3.18. The summed E-state index contributed by atoms with van der Waals surface area (Å²) in [5, 5.41) is -0.270. The number of hydrogen-bond acceptors (Lipinski definition) is 3. The molecule has 0 aliphatic carbocycles. The van der Waals surface area contributed by atoms with Crippen molar-refractivity contribution in [2.45, 2.75) is 57.9 Å². The number of hydrogen-bond donors (Lipinski definition) is 1. The molecule has 1 fully saturated rings. The zero-order chi connectivity index (χ0) is 14.6. The Hall–Kier alpha value is -0.390. The lowest BCUT2D eigenvalue weighted by Gasteiger charge is -2.29. The maximum Gasteiger partial charge on any atom is 0.216 e. The fourth-order valence-electron chi connectivity index (χ4n) is 2.62. The molecule has 1 N–H and O–H groups in total. The Kier molecular flexibility index (Phi) is 6.02. The number of likely N-dealkylation sites (tertiary alicyclic amines) is 1. The number of nitrogens with one attached hydrogen (secondary N) is 1. The van der Waals surface area contributed by atoms with Gasteiger partial charge in [-0.2, -0.15) is 0 Å². The highest BCUT2D eigenvalue weighted by atomic mass is 32.2. The van der Waals surface area contributed by atoms with E-state index in [2.05, 4.69) is 30.0 Å². The summed E-state index contributed by atoms with van der Waals surface area (Å²) in [6.45, 7) is 13.4. The third kappa shape index (κ3) is 4.58. The van der Waals surface area contributed by atoms with Crippen LogP contribution >= 0.6 is 0 Å². The van der Waals surface area contributed by atoms with E-state index in [9.17, 15) is 8.42 Å². The highest BCUT2D eigenvalue weighted by Crippen LogP contribution is 2.23. The lowest BCUT2D eigenvalue weighted by atomic mass is 9.99. The number of rotatable bonds is 7. The van der Waals surface area contributed by atoms with Crippen molar-refractivity contribution in [3.63, 3.8) is 0 Å². The van der Waals surface area contributed by atoms with Crippen molar-refractivity contribution in [3.8, 4) is 0 Å². The van der Waals surface area contributed by atoms with Crippen molar-refractivity contribution in [1.29, 1.82) is 0 Å². The first-order valence-corrected chi connectivity index (χ1v) is 8.68. The Bertz CT molecular complexity index is 392. The molecule has 1 heterocycles. The third-order valence-electron chi connectivity index (χ3n) is 3.95. The Morgan fingerprint density at radius 3 is 2.53 bits per heavy atom. The second kappa shape index (κ2) is 6.86. The van der Waals surface area contributed by atoms with Crippen LogP contribution in [0.4, 0.5) is 0 Å². The van der Waals surface area contributed by atoms with Crippen LogP contribution in [-0.4, -0.2) is 43.7 Å². The minimum atomic E-state index is -3.18. The lowest BCUT2D eigenvalue weighted by Crippen LogP contribution is -2.42. The fourth-order valence-corrected chi connectivity index (χ4v) is 4.27. The van der Waals surface area contributed by atoms with Crippen LogP contribution in [0.25, 0.3) is 0 Å². The van der Waals surface area contributed by atoms with Crippen molar-refractivity contribution in [2.24, 2.45) is 5.92 Å². The Morgan fingerprint density at radius 2 is 2.00 bits per heavy atom. The fraction of sp³-hybridized carbons (Fsp3) is 0.857. The predicted molar refractivity (Wildman–Crippen MR) is 80.6 cm³/mol. The molecule has 5 heteroatoms. The standard InChI is InChI=1S/C14H28N2O2S/c1-6-7-12(4)13(5)16-9-8-14(10-16)19(17,18)15-11(2)3/h6,11-15H,1,7-10H2,2-5H3/t12-,13-,14+/m0/s1. The molecule has 0 aromatic carbocycles. The molecule has 0 radical (unpaired) electrons. The molecule has 0 unspecified atom stereocenters. The summed E-state index contributed by atoms with van der Waals surface area (Å²) in [6, 6.07) is 0.369. The van der Waals surface area contributed by atoms with Crippen molar-refractivity contribution in [1.82, 2.24) is 9.62 Å². The third-order valence-corrected chi connectivity index (χ3v) is 6.02. The van der Waals surface area contributed by atoms with Crippen molar-refractivity contribution < 1.29 is 8.42 Å². The zero-order valence-electron chi connectivity index (χ0n) is 12.6. The maximum absolute atomic E-state index is 12.2. The molecule has 0 saturated carbocycles. The van der Waals surface area contributed by atoms with E-state index in [1.54, 1.807) is 0 Å². The van der Waals surface area contributed by atoms with E-state index in [1.807, 2.05) is 19.9 Å². The van der Waals surface area contributed by atoms with E-state index in [0.29, 0.717) is 18.5 Å². The minimum absolute atomic E-state index is 0.0313. The molecule has 0 bridgehead atoms. The topological polar surface area (TPSA) is 49.4 Å². The van der Waals surface area contributed by atoms with Crippen LogP contribution in [0.15, 0.2) is 12.7 Å². The van der Waals surface area contributed by atoms with E-state index < -0.39 is 10.0 Å². The van der Waals surface area contributed by atoms with E-state index >= 15 is 0 Å². The molecule has 3 atom stereocenters. The summed E-state index contributed by atoms with van der Waals surface area (Å²) in [5.41, 5.74) is 0. The summed E-state index contributed by atoms with van der Waals surface area (Å²) in [6.07, 6.45) is 3.64. The Balaban J connectivity index is 2.60. The molecule has 1 rings (SSSR count). The van der Waals surface area contributed by atoms with E-state index in [0.717, 1.165) is 19.4 Å². The molecule has 112 valence electrons. The minimum Gasteiger partial charge on any atom is -0.299 e. The molecular weight excluding hydrogens is 260 g/mol. The first-order valence-electron chi connectivity index (χ1n) is 7.14. The van der Waals surface area contributed by atoms with E-state index in [-0.39, 0.29) is 11.3 Å². The van der Waals surface area contributed by atoms with Crippen molar-refractivity contribution in [3.05, 3.63) is 12.7 Å². The molecular formula is C14H28N2O2S. The van der Waals surface area contributed by atoms with Gasteiger partial charge in [-0.25, -0.2) is 13.1 Å². The molecule has 19 heavy (non-hydrogen) atoms. The van der Waals surface area contributed by atoms with Crippen molar-refractivity contribution >= 4 is 10.0 Å². The normalized spacial score (nSPS) is 24.6. The highest BCUT2D eigenvalue weighted by molar-refractivity contribution is 7.90. The quantitative estimate of drug-likeness (QED) is 0.729. The average Bonchev–Trinajstić information content (AvgIpc) is 2.76. The van der Waals surface area contributed by atoms with Crippen LogP contribution in [0.3, 0.4) is 0 Å². The van der Waals surface area contributed by atoms with E-state index in [4.69, 9.17) is 0 Å². The van der Waals surface area contributed by atoms with Gasteiger partial charge in [-0.05, 0) is 46.1 Å². The number of allylic oxidation sites excluding steroid dienone is 1. The SMILES string of the molecule is C=CC[C@H](C)[C@H](C)N1CC[C@@H](S(=O)(=O)NC(C)C)C1. The van der Waals surface area contributed by atoms with E-state index in [1.165, 1.54) is 0 Å². The monoisotopic (exact) mass is 288 g/mol. The Labute approximate surface area is 118 Å². The van der Waals surface area contributed by atoms with Crippen LogP contribution in [0.2, 0.25) is 0 Å². The summed E-state index contributed by atoms with van der Waals surface area (Å²) in [5.74, 6) is 0.511. The van der Waals surface area contributed by atoms with Gasteiger partial charge >= 0.3 is 0 Å². The first kappa shape index (κ1) is 16.7. The van der Waals surface area contributed by atoms with Gasteiger partial charge in [0.15, 0.2) is 0 Å². The van der Waals surface area contributed by atoms with Gasteiger partial charge < -0.3 is 0 Å². The summed E-state index contributed by atoms with van der Waals surface area (Å²) < 4.78 is 27.0. The molecule has 0 spiro atoms. The molecule has 1 aliphatic heterocycles. The van der Waals surface area contributed by atoms with Crippen molar-refractivity contribution in [2.75, 3.05) is 13.1 Å². The van der Waals surface area contributed by atoms with Crippen LogP contribution in [-0.2, 0) is 10.0 Å². The second-order valence-corrected chi connectivity index (χ2v) is 7.96. The van der Waals surface area contributed by atoms with Gasteiger partial charge in [0.25, 0.3) is 0 Å². The molecule has 0 aromatic heterocycles. The largest absolute Gasteiger partial charge is 0.299 e. The van der Waals surface area contributed by atoms with Gasteiger partial charge in [-0.3, -0.25) is 4.90 Å². The highest BCUT2D eigenvalue weighted by Gasteiger charge is 2.35. The summed E-state index contributed by atoms with van der Waals surface area (Å²) >= 11 is 0. The Morgan fingerprint density at radius 1 is 1.37 bits per heavy atom. The van der Waals surface area contributed by atoms with Crippen LogP contribution in [0, 0.1) is 5.92 Å². The molecule has 0 amide bonds. The summed E-state index contributed by atoms with van der Waals surface area (Å²) in [4.78, 5) is 2.29. The molecule has 0 aromatic rings. The lowest BCUT2D eigenvalue weighted by molar-refractivity contribution is 0.199. The maximum atomic E-state index is 12.2. The smallest absolute Gasteiger partial charge is 0.216 e. The van der Waals surface area contributed by atoms with Crippen LogP contribution in [0.1, 0.15) is 40.5 Å². The molecule has 1 aliphatic rings. The van der Waals surface area contributed by atoms with Gasteiger partial charge in [0.2, 0.25) is 10.0 Å². The second-order valence-electron chi connectivity index (χ2n) is 5.97. The molecule has 1 saturated heterocycles. The van der Waals surface area contributed by atoms with Crippen LogP contribution in [0.5, 0.6) is 0 Å². The number of sulfonamides is 1. The van der Waals surface area contributed by atoms with Crippen LogP contribution < -0.4 is 4.72 Å². The van der Waals surface area contributed by atoms with Gasteiger partial charge in [0.1, 0.15) is 0 Å². The zero-order valence-corrected chi connectivity index (χ0v) is 13.4. The molecule has 4 nitrogen and oxygen atoms in total. The first-order chi connectivity index (χ1) is 8.77. The predicted octanol–water partition coefficient (Wildman–Crippen LogP) is 1.99. The number of nitrogens with zero attached hydrogens (tertiary/aromatic N) is 1. The van der Waals surface area contributed by atoms with Gasteiger partial charge in [0, 0.05) is 18.6 Å². The average molecular weight is 288 g/mol. The van der Waals surface area contributed by atoms with Gasteiger partial charge in [-0.15, -0.1) is 6.58 Å². The van der Waals surface area contributed by atoms with Gasteiger partial charge in [0.05, 0.1) is 5.25 Å². The van der Waals surface area contributed by atoms with Gasteiger partial charge in [-0.1, -0.05) is 13.0 Å².